The van der Waals surface area contributed by atoms with Crippen LogP contribution in [0, 0.1) is 0 Å². The van der Waals surface area contributed by atoms with Gasteiger partial charge in [0.15, 0.2) is 0 Å². The third kappa shape index (κ3) is 4.33. The first-order chi connectivity index (χ1) is 10.4. The monoisotopic (exact) mass is 284 g/mol. The second-order valence-corrected chi connectivity index (χ2v) is 5.77. The van der Waals surface area contributed by atoms with Crippen molar-refractivity contribution in [1.29, 1.82) is 0 Å². The smallest absolute Gasteiger partial charge is 0.0489 e. The predicted molar refractivity (Wildman–Crippen MR) is 86.4 cm³/mol. The molecule has 0 radical (unpaired) electrons. The van der Waals surface area contributed by atoms with Gasteiger partial charge >= 0.3 is 0 Å². The minimum atomic E-state index is 0.575. The lowest BCUT2D eigenvalue weighted by atomic mass is 10.1. The predicted octanol–water partition coefficient (Wildman–Crippen LogP) is 2.85. The summed E-state index contributed by atoms with van der Waals surface area (Å²) in [5, 5.41) is 7.91. The van der Waals surface area contributed by atoms with E-state index in [2.05, 4.69) is 45.6 Å². The summed E-state index contributed by atoms with van der Waals surface area (Å²) in [7, 11) is 0. The lowest BCUT2D eigenvalue weighted by Gasteiger charge is -2.33. The van der Waals surface area contributed by atoms with E-state index in [-0.39, 0.29) is 0 Å². The lowest BCUT2D eigenvalue weighted by Crippen LogP contribution is -2.42. The third-order valence-corrected chi connectivity index (χ3v) is 4.07. The molecule has 1 aromatic heterocycles. The van der Waals surface area contributed by atoms with Gasteiger partial charge in [-0.3, -0.25) is 4.68 Å². The molecule has 1 aliphatic rings. The molecule has 1 atom stereocenters. The molecule has 0 amide bonds. The number of hydrogen-bond acceptors (Lipinski definition) is 3. The normalized spacial score (nSPS) is 19.5. The molecule has 0 bridgehead atoms. The Hall–Kier alpha value is -1.81. The van der Waals surface area contributed by atoms with Crippen molar-refractivity contribution in [2.24, 2.45) is 0 Å². The number of rotatable bonds is 6. The fourth-order valence-corrected chi connectivity index (χ4v) is 3.04. The fraction of sp³-hybridized carbons (Fsp3) is 0.471. The van der Waals surface area contributed by atoms with Crippen LogP contribution in [0.3, 0.4) is 0 Å². The van der Waals surface area contributed by atoms with Crippen molar-refractivity contribution in [2.45, 2.75) is 31.8 Å². The quantitative estimate of drug-likeness (QED) is 0.885. The SMILES string of the molecule is c1ccc(NC2CCCN(CCCn3cccn3)C2)cc1. The van der Waals surface area contributed by atoms with E-state index in [9.17, 15) is 0 Å². The number of nitrogens with one attached hydrogen (secondary N) is 1. The number of aryl methyl sites for hydroxylation is 1. The van der Waals surface area contributed by atoms with Gasteiger partial charge in [-0.1, -0.05) is 18.2 Å². The van der Waals surface area contributed by atoms with E-state index < -0.39 is 0 Å². The summed E-state index contributed by atoms with van der Waals surface area (Å²) in [4.78, 5) is 2.58. The highest BCUT2D eigenvalue weighted by Gasteiger charge is 2.19. The van der Waals surface area contributed by atoms with Gasteiger partial charge in [0.05, 0.1) is 0 Å². The molecule has 1 saturated heterocycles. The maximum absolute atomic E-state index is 4.26. The number of benzene rings is 1. The molecule has 3 rings (SSSR count). The summed E-state index contributed by atoms with van der Waals surface area (Å²) in [6.07, 6.45) is 7.60. The maximum atomic E-state index is 4.26. The van der Waals surface area contributed by atoms with Crippen LogP contribution in [-0.4, -0.2) is 40.4 Å². The average molecular weight is 284 g/mol. The molecule has 2 aromatic rings. The Labute approximate surface area is 126 Å². The minimum absolute atomic E-state index is 0.575. The number of piperidine rings is 1. The summed E-state index contributed by atoms with van der Waals surface area (Å²) >= 11 is 0. The standard InChI is InChI=1S/C17H24N4/c1-2-7-16(8-3-1)19-17-9-4-11-20(15-17)12-6-14-21-13-5-10-18-21/h1-3,5,7-8,10,13,17,19H,4,6,9,11-12,14-15H2. The third-order valence-electron chi connectivity index (χ3n) is 4.07. The van der Waals surface area contributed by atoms with Crippen molar-refractivity contribution < 1.29 is 0 Å². The molecular weight excluding hydrogens is 260 g/mol. The number of aromatic nitrogens is 2. The van der Waals surface area contributed by atoms with Crippen LogP contribution < -0.4 is 5.32 Å². The minimum Gasteiger partial charge on any atom is -0.381 e. The molecule has 0 aliphatic carbocycles. The zero-order valence-electron chi connectivity index (χ0n) is 12.5. The Morgan fingerprint density at radius 2 is 2.05 bits per heavy atom. The van der Waals surface area contributed by atoms with Gasteiger partial charge < -0.3 is 10.2 Å². The summed E-state index contributed by atoms with van der Waals surface area (Å²) in [5.74, 6) is 0. The van der Waals surface area contributed by atoms with Crippen LogP contribution in [0.1, 0.15) is 19.3 Å². The van der Waals surface area contributed by atoms with Crippen LogP contribution in [-0.2, 0) is 6.54 Å². The van der Waals surface area contributed by atoms with Gasteiger partial charge in [-0.15, -0.1) is 0 Å². The van der Waals surface area contributed by atoms with Crippen molar-refractivity contribution in [2.75, 3.05) is 25.0 Å². The van der Waals surface area contributed by atoms with Crippen LogP contribution in [0.4, 0.5) is 5.69 Å². The van der Waals surface area contributed by atoms with Gasteiger partial charge in [0.2, 0.25) is 0 Å². The fourth-order valence-electron chi connectivity index (χ4n) is 3.04. The molecule has 4 heteroatoms. The largest absolute Gasteiger partial charge is 0.381 e. The van der Waals surface area contributed by atoms with E-state index in [0.717, 1.165) is 19.6 Å². The van der Waals surface area contributed by atoms with Gasteiger partial charge in [0.25, 0.3) is 0 Å². The molecule has 112 valence electrons. The second kappa shape index (κ2) is 7.27. The van der Waals surface area contributed by atoms with Crippen LogP contribution in [0.5, 0.6) is 0 Å². The van der Waals surface area contributed by atoms with Crippen molar-refractivity contribution in [3.63, 3.8) is 0 Å². The molecular formula is C17H24N4. The van der Waals surface area contributed by atoms with E-state index in [1.165, 1.54) is 31.5 Å². The Morgan fingerprint density at radius 1 is 1.14 bits per heavy atom. The maximum Gasteiger partial charge on any atom is 0.0489 e. The first-order valence-corrected chi connectivity index (χ1v) is 7.91. The molecule has 0 saturated carbocycles. The molecule has 2 heterocycles. The van der Waals surface area contributed by atoms with E-state index in [1.807, 2.05) is 23.1 Å². The Balaban J connectivity index is 1.42. The zero-order chi connectivity index (χ0) is 14.3. The van der Waals surface area contributed by atoms with E-state index in [0.29, 0.717) is 6.04 Å². The van der Waals surface area contributed by atoms with Crippen LogP contribution >= 0.6 is 0 Å². The van der Waals surface area contributed by atoms with Crippen LogP contribution in [0.25, 0.3) is 0 Å². The van der Waals surface area contributed by atoms with Crippen molar-refractivity contribution >= 4 is 5.69 Å². The topological polar surface area (TPSA) is 33.1 Å². The zero-order valence-corrected chi connectivity index (χ0v) is 12.5. The van der Waals surface area contributed by atoms with Gasteiger partial charge in [0.1, 0.15) is 0 Å². The lowest BCUT2D eigenvalue weighted by molar-refractivity contribution is 0.210. The number of nitrogens with zero attached hydrogens (tertiary/aromatic N) is 3. The highest BCUT2D eigenvalue weighted by atomic mass is 15.3. The molecule has 1 aromatic carbocycles. The van der Waals surface area contributed by atoms with Gasteiger partial charge in [0, 0.05) is 37.2 Å². The Kier molecular flexibility index (Phi) is 4.90. The van der Waals surface area contributed by atoms with Crippen molar-refractivity contribution in [1.82, 2.24) is 14.7 Å². The molecule has 4 nitrogen and oxygen atoms in total. The molecule has 21 heavy (non-hydrogen) atoms. The van der Waals surface area contributed by atoms with Crippen molar-refractivity contribution in [3.05, 3.63) is 48.8 Å². The number of para-hydroxylation sites is 1. The first-order valence-electron chi connectivity index (χ1n) is 7.91. The number of anilines is 1. The molecule has 1 aliphatic heterocycles. The molecule has 1 N–H and O–H groups in total. The Bertz CT molecular complexity index is 509. The van der Waals surface area contributed by atoms with Gasteiger partial charge in [-0.2, -0.15) is 5.10 Å². The molecule has 1 fully saturated rings. The summed E-state index contributed by atoms with van der Waals surface area (Å²) < 4.78 is 2.02. The number of likely N-dealkylation sites (tertiary alicyclic amines) is 1. The summed E-state index contributed by atoms with van der Waals surface area (Å²) in [5.41, 5.74) is 1.24. The highest BCUT2D eigenvalue weighted by molar-refractivity contribution is 5.43. The summed E-state index contributed by atoms with van der Waals surface area (Å²) in [6, 6.07) is 13.1. The highest BCUT2D eigenvalue weighted by Crippen LogP contribution is 2.16. The van der Waals surface area contributed by atoms with E-state index in [4.69, 9.17) is 0 Å². The molecule has 0 spiro atoms. The Morgan fingerprint density at radius 3 is 2.86 bits per heavy atom. The average Bonchev–Trinajstić information content (AvgIpc) is 3.02. The van der Waals surface area contributed by atoms with E-state index in [1.54, 1.807) is 0 Å². The molecule has 1 unspecified atom stereocenters. The second-order valence-electron chi connectivity index (χ2n) is 5.77. The van der Waals surface area contributed by atoms with Gasteiger partial charge in [-0.05, 0) is 50.6 Å². The van der Waals surface area contributed by atoms with Crippen LogP contribution in [0.2, 0.25) is 0 Å². The summed E-state index contributed by atoms with van der Waals surface area (Å²) in [6.45, 7) is 4.55. The van der Waals surface area contributed by atoms with E-state index >= 15 is 0 Å². The number of hydrogen-bond donors (Lipinski definition) is 1. The van der Waals surface area contributed by atoms with Gasteiger partial charge in [-0.25, -0.2) is 0 Å². The first kappa shape index (κ1) is 14.1. The van der Waals surface area contributed by atoms with Crippen molar-refractivity contribution in [3.8, 4) is 0 Å². The van der Waals surface area contributed by atoms with Crippen LogP contribution in [0.15, 0.2) is 48.8 Å².